The van der Waals surface area contributed by atoms with Crippen molar-refractivity contribution >= 4 is 35.5 Å². The number of aromatic amines is 1. The van der Waals surface area contributed by atoms with E-state index in [1.165, 1.54) is 12.5 Å². The summed E-state index contributed by atoms with van der Waals surface area (Å²) in [6.07, 6.45) is 6.24. The maximum absolute atomic E-state index is 13.2. The molecule has 0 aromatic carbocycles. The first-order valence-electron chi connectivity index (χ1n) is 11.9. The van der Waals surface area contributed by atoms with Crippen LogP contribution >= 0.6 is 11.8 Å². The number of carbonyl (C=O) groups is 4. The number of imidazole rings is 1. The quantitative estimate of drug-likeness (QED) is 0.187. The molecule has 12 heteroatoms. The summed E-state index contributed by atoms with van der Waals surface area (Å²) in [4.78, 5) is 57.2. The second kappa shape index (κ2) is 15.4. The van der Waals surface area contributed by atoms with Crippen LogP contribution in [0, 0.1) is 11.8 Å². The van der Waals surface area contributed by atoms with E-state index in [2.05, 4.69) is 25.9 Å². The number of nitrogens with one attached hydrogen (secondary N) is 4. The Morgan fingerprint density at radius 2 is 1.74 bits per heavy atom. The van der Waals surface area contributed by atoms with Crippen LogP contribution in [0.25, 0.3) is 0 Å². The van der Waals surface area contributed by atoms with Crippen LogP contribution in [-0.4, -0.2) is 74.9 Å². The highest BCUT2D eigenvalue weighted by molar-refractivity contribution is 7.98. The number of thioether (sulfide) groups is 1. The zero-order valence-electron chi connectivity index (χ0n) is 21.2. The van der Waals surface area contributed by atoms with E-state index in [1.807, 2.05) is 34.0 Å². The molecule has 0 aliphatic heterocycles. The fourth-order valence-corrected chi connectivity index (χ4v) is 3.88. The van der Waals surface area contributed by atoms with E-state index >= 15 is 0 Å². The van der Waals surface area contributed by atoms with Gasteiger partial charge in [0.25, 0.3) is 0 Å². The molecular formula is C23H40N6O5S. The number of hydrogen-bond donors (Lipinski definition) is 6. The number of hydrogen-bond acceptors (Lipinski definition) is 7. The van der Waals surface area contributed by atoms with E-state index in [0.717, 1.165) is 0 Å². The molecule has 35 heavy (non-hydrogen) atoms. The lowest BCUT2D eigenvalue weighted by Crippen LogP contribution is -2.59. The van der Waals surface area contributed by atoms with E-state index in [4.69, 9.17) is 5.73 Å². The van der Waals surface area contributed by atoms with E-state index in [9.17, 15) is 24.3 Å². The van der Waals surface area contributed by atoms with Crippen LogP contribution < -0.4 is 21.7 Å². The highest BCUT2D eigenvalue weighted by Gasteiger charge is 2.32. The molecule has 0 saturated carbocycles. The van der Waals surface area contributed by atoms with Gasteiger partial charge in [-0.25, -0.2) is 9.78 Å². The number of carboxylic acids is 1. The van der Waals surface area contributed by atoms with E-state index in [1.54, 1.807) is 11.8 Å². The number of rotatable bonds is 16. The van der Waals surface area contributed by atoms with Gasteiger partial charge in [0.05, 0.1) is 12.4 Å². The molecule has 198 valence electrons. The SMILES string of the molecule is CCC(C)C(NC(=O)C(N)CCSC)C(=O)NC(CC(C)C)C(=O)NC(Cc1cnc[nH]1)C(=O)O. The van der Waals surface area contributed by atoms with Gasteiger partial charge in [-0.05, 0) is 36.7 Å². The Morgan fingerprint density at radius 1 is 1.09 bits per heavy atom. The predicted octanol–water partition coefficient (Wildman–Crippen LogP) is 0.664. The van der Waals surface area contributed by atoms with Crippen molar-refractivity contribution < 1.29 is 24.3 Å². The van der Waals surface area contributed by atoms with Gasteiger partial charge in [-0.15, -0.1) is 0 Å². The fraction of sp³-hybridized carbons (Fsp3) is 0.696. The molecule has 0 fully saturated rings. The molecular weight excluding hydrogens is 472 g/mol. The summed E-state index contributed by atoms with van der Waals surface area (Å²) < 4.78 is 0. The molecule has 0 spiro atoms. The van der Waals surface area contributed by atoms with Crippen LogP contribution in [0.15, 0.2) is 12.5 Å². The molecule has 3 amide bonds. The predicted molar refractivity (Wildman–Crippen MR) is 136 cm³/mol. The first-order chi connectivity index (χ1) is 16.5. The third-order valence-electron chi connectivity index (χ3n) is 5.70. The highest BCUT2D eigenvalue weighted by Crippen LogP contribution is 2.12. The van der Waals surface area contributed by atoms with Gasteiger partial charge in [0.15, 0.2) is 0 Å². The minimum atomic E-state index is -1.20. The lowest BCUT2D eigenvalue weighted by molar-refractivity contribution is -0.142. The van der Waals surface area contributed by atoms with Crippen molar-refractivity contribution in [2.45, 2.75) is 77.5 Å². The van der Waals surface area contributed by atoms with Crippen molar-refractivity contribution in [1.29, 1.82) is 0 Å². The fourth-order valence-electron chi connectivity index (χ4n) is 3.39. The van der Waals surface area contributed by atoms with Crippen molar-refractivity contribution in [2.24, 2.45) is 17.6 Å². The van der Waals surface area contributed by atoms with Gasteiger partial charge in [-0.2, -0.15) is 11.8 Å². The summed E-state index contributed by atoms with van der Waals surface area (Å²) in [5.41, 5.74) is 6.52. The minimum absolute atomic E-state index is 0.0168. The van der Waals surface area contributed by atoms with Gasteiger partial charge in [-0.1, -0.05) is 34.1 Å². The number of carboxylic acid groups (broad SMARTS) is 1. The molecule has 0 aliphatic rings. The van der Waals surface area contributed by atoms with Crippen LogP contribution in [0.4, 0.5) is 0 Å². The molecule has 1 aromatic heterocycles. The van der Waals surface area contributed by atoms with Crippen molar-refractivity contribution in [1.82, 2.24) is 25.9 Å². The number of amides is 3. The number of carbonyl (C=O) groups excluding carboxylic acids is 3. The Kier molecular flexibility index (Phi) is 13.4. The van der Waals surface area contributed by atoms with Crippen LogP contribution in [-0.2, 0) is 25.6 Å². The average molecular weight is 513 g/mol. The second-order valence-corrected chi connectivity index (χ2v) is 10.1. The third-order valence-corrected chi connectivity index (χ3v) is 6.34. The highest BCUT2D eigenvalue weighted by atomic mass is 32.2. The summed E-state index contributed by atoms with van der Waals surface area (Å²) in [7, 11) is 0. The Hall–Kier alpha value is -2.60. The maximum Gasteiger partial charge on any atom is 0.326 e. The zero-order chi connectivity index (χ0) is 26.5. The maximum atomic E-state index is 13.2. The molecule has 0 bridgehead atoms. The zero-order valence-corrected chi connectivity index (χ0v) is 22.0. The van der Waals surface area contributed by atoms with E-state index < -0.39 is 47.9 Å². The Morgan fingerprint density at radius 3 is 2.26 bits per heavy atom. The molecule has 0 aliphatic carbocycles. The molecule has 11 nitrogen and oxygen atoms in total. The van der Waals surface area contributed by atoms with Gasteiger partial charge >= 0.3 is 5.97 Å². The monoisotopic (exact) mass is 512 g/mol. The van der Waals surface area contributed by atoms with Crippen LogP contribution in [0.5, 0.6) is 0 Å². The standard InChI is InChI=1S/C23H40N6O5S/c1-6-14(4)19(29-20(30)16(24)7-8-35-5)22(32)27-17(9-13(2)3)21(31)28-18(23(33)34)10-15-11-25-12-26-15/h11-14,16-19H,6-10,24H2,1-5H3,(H,25,26)(H,27,32)(H,28,31)(H,29,30)(H,33,34). The lowest BCUT2D eigenvalue weighted by atomic mass is 9.96. The van der Waals surface area contributed by atoms with Gasteiger partial charge in [-0.3, -0.25) is 14.4 Å². The summed E-state index contributed by atoms with van der Waals surface area (Å²) in [6.45, 7) is 7.52. The van der Waals surface area contributed by atoms with Crippen molar-refractivity contribution in [3.63, 3.8) is 0 Å². The molecule has 5 unspecified atom stereocenters. The molecule has 7 N–H and O–H groups in total. The van der Waals surface area contributed by atoms with Crippen molar-refractivity contribution in [3.05, 3.63) is 18.2 Å². The van der Waals surface area contributed by atoms with Gasteiger partial charge in [0.1, 0.15) is 18.1 Å². The van der Waals surface area contributed by atoms with Crippen LogP contribution in [0.2, 0.25) is 0 Å². The third kappa shape index (κ3) is 10.7. The summed E-state index contributed by atoms with van der Waals surface area (Å²) >= 11 is 1.58. The van der Waals surface area contributed by atoms with Crippen LogP contribution in [0.3, 0.4) is 0 Å². The van der Waals surface area contributed by atoms with Gasteiger partial charge in [0, 0.05) is 18.3 Å². The molecule has 1 aromatic rings. The van der Waals surface area contributed by atoms with Gasteiger partial charge < -0.3 is 31.8 Å². The summed E-state index contributed by atoms with van der Waals surface area (Å²) in [5, 5.41) is 17.6. The van der Waals surface area contributed by atoms with Crippen LogP contribution in [0.1, 0.15) is 52.7 Å². The molecule has 1 heterocycles. The number of nitrogens with zero attached hydrogens (tertiary/aromatic N) is 1. The van der Waals surface area contributed by atoms with Crippen molar-refractivity contribution in [3.8, 4) is 0 Å². The van der Waals surface area contributed by atoms with E-state index in [0.29, 0.717) is 30.7 Å². The van der Waals surface area contributed by atoms with E-state index in [-0.39, 0.29) is 18.3 Å². The number of aromatic nitrogens is 2. The number of aliphatic carboxylic acids is 1. The Labute approximate surface area is 211 Å². The first kappa shape index (κ1) is 30.4. The normalized spacial score (nSPS) is 15.5. The summed E-state index contributed by atoms with van der Waals surface area (Å²) in [5.74, 6) is -2.19. The smallest absolute Gasteiger partial charge is 0.326 e. The lowest BCUT2D eigenvalue weighted by Gasteiger charge is -2.28. The average Bonchev–Trinajstić information content (AvgIpc) is 3.31. The molecule has 0 saturated heterocycles. The number of H-pyrrole nitrogens is 1. The Bertz CT molecular complexity index is 819. The molecule has 5 atom stereocenters. The minimum Gasteiger partial charge on any atom is -0.480 e. The molecule has 0 radical (unpaired) electrons. The molecule has 1 rings (SSSR count). The van der Waals surface area contributed by atoms with Gasteiger partial charge in [0.2, 0.25) is 17.7 Å². The Balaban J connectivity index is 2.97. The van der Waals surface area contributed by atoms with Crippen molar-refractivity contribution in [2.75, 3.05) is 12.0 Å². The number of nitrogens with two attached hydrogens (primary N) is 1. The largest absolute Gasteiger partial charge is 0.480 e. The summed E-state index contributed by atoms with van der Waals surface area (Å²) in [6, 6.07) is -3.79. The topological polar surface area (TPSA) is 179 Å². The first-order valence-corrected chi connectivity index (χ1v) is 13.2. The second-order valence-electron chi connectivity index (χ2n) is 9.13.